The third kappa shape index (κ3) is 3.28. The average molecular weight is 421 g/mol. The molecule has 31 heavy (non-hydrogen) atoms. The van der Waals surface area contributed by atoms with Crippen molar-refractivity contribution in [1.29, 1.82) is 0 Å². The molecule has 8 heteroatoms. The van der Waals surface area contributed by atoms with Gasteiger partial charge in [-0.25, -0.2) is 4.79 Å². The van der Waals surface area contributed by atoms with E-state index < -0.39 is 11.6 Å². The zero-order chi connectivity index (χ0) is 21.6. The van der Waals surface area contributed by atoms with Crippen LogP contribution < -0.4 is 14.8 Å². The van der Waals surface area contributed by atoms with Crippen molar-refractivity contribution in [3.63, 3.8) is 0 Å². The number of hydrogen-bond donors (Lipinski definition) is 1. The van der Waals surface area contributed by atoms with Crippen molar-refractivity contribution in [3.8, 4) is 11.5 Å². The van der Waals surface area contributed by atoms with Crippen LogP contribution in [0.1, 0.15) is 41.3 Å². The number of carbonyl (C=O) groups is 3. The number of hydrogen-bond acceptors (Lipinski definition) is 5. The smallest absolute Gasteiger partial charge is 0.325 e. The van der Waals surface area contributed by atoms with E-state index in [4.69, 9.17) is 9.47 Å². The van der Waals surface area contributed by atoms with Gasteiger partial charge in [0, 0.05) is 18.7 Å². The predicted octanol–water partition coefficient (Wildman–Crippen LogP) is 2.62. The second-order valence-electron chi connectivity index (χ2n) is 8.21. The maximum absolute atomic E-state index is 13.2. The molecule has 2 fully saturated rings. The first-order chi connectivity index (χ1) is 15.0. The summed E-state index contributed by atoms with van der Waals surface area (Å²) in [6.07, 6.45) is 2.08. The highest BCUT2D eigenvalue weighted by Gasteiger charge is 2.49. The van der Waals surface area contributed by atoms with Crippen LogP contribution in [0.25, 0.3) is 0 Å². The van der Waals surface area contributed by atoms with E-state index in [-0.39, 0.29) is 25.2 Å². The zero-order valence-corrected chi connectivity index (χ0v) is 17.2. The van der Waals surface area contributed by atoms with E-state index in [2.05, 4.69) is 5.32 Å². The number of urea groups is 1. The SMILES string of the molecule is CC1(c2ccc3c(c2)OCO3)NC(=O)N(Cc2ccc(C(=O)N3CCCC3)cc2)C1=O. The molecule has 4 amide bonds. The Morgan fingerprint density at radius 1 is 1.03 bits per heavy atom. The molecule has 0 aromatic heterocycles. The van der Waals surface area contributed by atoms with Crippen molar-refractivity contribution in [2.24, 2.45) is 0 Å². The van der Waals surface area contributed by atoms with Crippen molar-refractivity contribution < 1.29 is 23.9 Å². The molecule has 2 saturated heterocycles. The van der Waals surface area contributed by atoms with Crippen LogP contribution in [-0.2, 0) is 16.9 Å². The number of rotatable bonds is 4. The second kappa shape index (κ2) is 7.30. The zero-order valence-electron chi connectivity index (χ0n) is 17.2. The summed E-state index contributed by atoms with van der Waals surface area (Å²) in [6.45, 7) is 3.53. The number of nitrogens with one attached hydrogen (secondary N) is 1. The van der Waals surface area contributed by atoms with Gasteiger partial charge in [-0.2, -0.15) is 0 Å². The maximum atomic E-state index is 13.2. The van der Waals surface area contributed by atoms with Gasteiger partial charge in [-0.1, -0.05) is 18.2 Å². The number of likely N-dealkylation sites (tertiary alicyclic amines) is 1. The van der Waals surface area contributed by atoms with Gasteiger partial charge in [0.15, 0.2) is 11.5 Å². The third-order valence-corrected chi connectivity index (χ3v) is 6.16. The third-order valence-electron chi connectivity index (χ3n) is 6.16. The minimum atomic E-state index is -1.19. The highest BCUT2D eigenvalue weighted by molar-refractivity contribution is 6.07. The Morgan fingerprint density at radius 2 is 1.74 bits per heavy atom. The first kappa shape index (κ1) is 19.4. The second-order valence-corrected chi connectivity index (χ2v) is 8.21. The number of carbonyl (C=O) groups excluding carboxylic acids is 3. The van der Waals surface area contributed by atoms with Crippen LogP contribution >= 0.6 is 0 Å². The molecule has 0 spiro atoms. The van der Waals surface area contributed by atoms with Gasteiger partial charge in [0.25, 0.3) is 11.8 Å². The molecule has 160 valence electrons. The Labute approximate surface area is 179 Å². The van der Waals surface area contributed by atoms with Gasteiger partial charge in [0.05, 0.1) is 6.54 Å². The summed E-state index contributed by atoms with van der Waals surface area (Å²) >= 11 is 0. The maximum Gasteiger partial charge on any atom is 0.325 e. The van der Waals surface area contributed by atoms with Crippen LogP contribution in [0.15, 0.2) is 42.5 Å². The van der Waals surface area contributed by atoms with E-state index in [1.165, 1.54) is 4.90 Å². The summed E-state index contributed by atoms with van der Waals surface area (Å²) in [5.74, 6) is 0.852. The fourth-order valence-electron chi connectivity index (χ4n) is 4.28. The number of fused-ring (bicyclic) bond motifs is 1. The standard InChI is InChI=1S/C23H23N3O5/c1-23(17-8-9-18-19(12-17)31-14-30-18)21(28)26(22(29)24-23)13-15-4-6-16(7-5-15)20(27)25-10-2-3-11-25/h4-9,12H,2-3,10-11,13-14H2,1H3,(H,24,29). The van der Waals surface area contributed by atoms with E-state index in [1.54, 1.807) is 49.4 Å². The summed E-state index contributed by atoms with van der Waals surface area (Å²) in [5.41, 5.74) is 0.831. The van der Waals surface area contributed by atoms with Gasteiger partial charge < -0.3 is 19.7 Å². The van der Waals surface area contributed by atoms with Gasteiger partial charge >= 0.3 is 6.03 Å². The molecule has 1 N–H and O–H groups in total. The van der Waals surface area contributed by atoms with Gasteiger partial charge in [-0.05, 0) is 55.2 Å². The molecular weight excluding hydrogens is 398 g/mol. The molecule has 0 radical (unpaired) electrons. The van der Waals surface area contributed by atoms with E-state index >= 15 is 0 Å². The molecule has 2 aromatic carbocycles. The summed E-state index contributed by atoms with van der Waals surface area (Å²) in [4.78, 5) is 41.4. The quantitative estimate of drug-likeness (QED) is 0.767. The monoisotopic (exact) mass is 421 g/mol. The predicted molar refractivity (Wildman–Crippen MR) is 111 cm³/mol. The lowest BCUT2D eigenvalue weighted by Gasteiger charge is -2.22. The summed E-state index contributed by atoms with van der Waals surface area (Å²) in [5, 5.41) is 2.80. The Morgan fingerprint density at radius 3 is 2.48 bits per heavy atom. The number of benzene rings is 2. The van der Waals surface area contributed by atoms with Crippen LogP contribution in [0.3, 0.4) is 0 Å². The van der Waals surface area contributed by atoms with Crippen LogP contribution in [0, 0.1) is 0 Å². The van der Waals surface area contributed by atoms with E-state index in [0.717, 1.165) is 31.5 Å². The average Bonchev–Trinajstić information content (AvgIpc) is 3.51. The molecule has 3 aliphatic heterocycles. The minimum absolute atomic E-state index is 0.0226. The van der Waals surface area contributed by atoms with Gasteiger partial charge in [-0.3, -0.25) is 14.5 Å². The highest BCUT2D eigenvalue weighted by atomic mass is 16.7. The molecule has 5 rings (SSSR count). The van der Waals surface area contributed by atoms with Crippen LogP contribution in [0.4, 0.5) is 4.79 Å². The number of amides is 4. The van der Waals surface area contributed by atoms with Crippen molar-refractivity contribution in [2.75, 3.05) is 19.9 Å². The normalized spacial score (nSPS) is 22.2. The summed E-state index contributed by atoms with van der Waals surface area (Å²) < 4.78 is 10.7. The largest absolute Gasteiger partial charge is 0.454 e. The highest BCUT2D eigenvalue weighted by Crippen LogP contribution is 2.38. The summed E-state index contributed by atoms with van der Waals surface area (Å²) in [7, 11) is 0. The number of ether oxygens (including phenoxy) is 2. The first-order valence-electron chi connectivity index (χ1n) is 10.4. The van der Waals surface area contributed by atoms with Crippen LogP contribution in [0.5, 0.6) is 11.5 Å². The Balaban J connectivity index is 1.32. The van der Waals surface area contributed by atoms with Gasteiger partial charge in [0.1, 0.15) is 5.54 Å². The van der Waals surface area contributed by atoms with Crippen molar-refractivity contribution >= 4 is 17.8 Å². The Bertz CT molecular complexity index is 1060. The molecule has 2 aromatic rings. The lowest BCUT2D eigenvalue weighted by Crippen LogP contribution is -2.40. The molecule has 3 heterocycles. The van der Waals surface area contributed by atoms with Crippen molar-refractivity contribution in [1.82, 2.24) is 15.1 Å². The molecule has 8 nitrogen and oxygen atoms in total. The van der Waals surface area contributed by atoms with Crippen LogP contribution in [-0.4, -0.2) is 47.5 Å². The van der Waals surface area contributed by atoms with E-state index in [9.17, 15) is 14.4 Å². The molecular formula is C23H23N3O5. The van der Waals surface area contributed by atoms with Crippen LogP contribution in [0.2, 0.25) is 0 Å². The number of nitrogens with zero attached hydrogens (tertiary/aromatic N) is 2. The molecule has 0 aliphatic carbocycles. The molecule has 1 atom stereocenters. The lowest BCUT2D eigenvalue weighted by molar-refractivity contribution is -0.131. The van der Waals surface area contributed by atoms with E-state index in [1.807, 2.05) is 4.90 Å². The molecule has 0 saturated carbocycles. The van der Waals surface area contributed by atoms with Crippen molar-refractivity contribution in [3.05, 3.63) is 59.2 Å². The van der Waals surface area contributed by atoms with Crippen molar-refractivity contribution in [2.45, 2.75) is 31.8 Å². The fourth-order valence-corrected chi connectivity index (χ4v) is 4.28. The first-order valence-corrected chi connectivity index (χ1v) is 10.4. The summed E-state index contributed by atoms with van der Waals surface area (Å²) in [6, 6.07) is 11.9. The topological polar surface area (TPSA) is 88.2 Å². The van der Waals surface area contributed by atoms with Gasteiger partial charge in [-0.15, -0.1) is 0 Å². The Hall–Kier alpha value is -3.55. The minimum Gasteiger partial charge on any atom is -0.454 e. The molecule has 1 unspecified atom stereocenters. The molecule has 0 bridgehead atoms. The van der Waals surface area contributed by atoms with E-state index in [0.29, 0.717) is 22.6 Å². The van der Waals surface area contributed by atoms with Gasteiger partial charge in [0.2, 0.25) is 6.79 Å². The Kier molecular flexibility index (Phi) is 4.57. The number of imide groups is 1. The molecule has 3 aliphatic rings. The lowest BCUT2D eigenvalue weighted by atomic mass is 9.91. The fraction of sp³-hybridized carbons (Fsp3) is 0.348.